The normalized spacial score (nSPS) is 21.2. The van der Waals surface area contributed by atoms with Crippen LogP contribution < -0.4 is 5.32 Å². The van der Waals surface area contributed by atoms with E-state index in [0.29, 0.717) is 5.92 Å². The van der Waals surface area contributed by atoms with Crippen LogP contribution in [0.1, 0.15) is 17.7 Å². The number of hydrogen-bond donors (Lipinski definition) is 1. The summed E-state index contributed by atoms with van der Waals surface area (Å²) in [5, 5.41) is 3.50. The van der Waals surface area contributed by atoms with Gasteiger partial charge >= 0.3 is 0 Å². The molecule has 0 aliphatic carbocycles. The molecule has 0 spiro atoms. The third kappa shape index (κ3) is 4.06. The molecule has 2 nitrogen and oxygen atoms in total. The lowest BCUT2D eigenvalue weighted by Crippen LogP contribution is -2.30. The fourth-order valence-electron chi connectivity index (χ4n) is 1.97. The highest BCUT2D eigenvalue weighted by molar-refractivity contribution is 7.16. The van der Waals surface area contributed by atoms with Crippen LogP contribution in [0.4, 0.5) is 0 Å². The van der Waals surface area contributed by atoms with Crippen molar-refractivity contribution in [2.24, 2.45) is 5.92 Å². The molecule has 1 atom stereocenters. The minimum Gasteiger partial charge on any atom is -0.381 e. The molecule has 1 unspecified atom stereocenters. The van der Waals surface area contributed by atoms with Gasteiger partial charge in [-0.2, -0.15) is 0 Å². The number of ether oxygens (including phenoxy) is 1. The molecule has 1 aromatic heterocycles. The first-order valence-corrected chi connectivity index (χ1v) is 7.07. The fraction of sp³-hybridized carbons (Fsp3) is 0.667. The van der Waals surface area contributed by atoms with Crippen LogP contribution in [-0.4, -0.2) is 26.3 Å². The van der Waals surface area contributed by atoms with E-state index in [0.717, 1.165) is 37.1 Å². The van der Waals surface area contributed by atoms with Crippen molar-refractivity contribution < 1.29 is 4.74 Å². The Morgan fingerprint density at radius 1 is 1.50 bits per heavy atom. The maximum absolute atomic E-state index is 5.88. The maximum Gasteiger partial charge on any atom is 0.0931 e. The number of halogens is 1. The van der Waals surface area contributed by atoms with Gasteiger partial charge in [-0.05, 0) is 43.9 Å². The third-order valence-electron chi connectivity index (χ3n) is 2.86. The standard InChI is InChI=1S/C12H18ClNOS/c13-12-4-3-11(16-12)5-6-14-8-10-2-1-7-15-9-10/h3-4,10,14H,1-2,5-9H2. The smallest absolute Gasteiger partial charge is 0.0931 e. The predicted molar refractivity (Wildman–Crippen MR) is 69.4 cm³/mol. The number of thiophene rings is 1. The van der Waals surface area contributed by atoms with Crippen LogP contribution in [0.25, 0.3) is 0 Å². The molecule has 0 aromatic carbocycles. The van der Waals surface area contributed by atoms with Crippen molar-refractivity contribution in [3.8, 4) is 0 Å². The topological polar surface area (TPSA) is 21.3 Å². The van der Waals surface area contributed by atoms with Gasteiger partial charge in [0.05, 0.1) is 10.9 Å². The van der Waals surface area contributed by atoms with Crippen molar-refractivity contribution in [3.63, 3.8) is 0 Å². The summed E-state index contributed by atoms with van der Waals surface area (Å²) in [6.45, 7) is 3.99. The molecule has 2 heterocycles. The largest absolute Gasteiger partial charge is 0.381 e. The summed E-state index contributed by atoms with van der Waals surface area (Å²) in [6.07, 6.45) is 3.59. The highest BCUT2D eigenvalue weighted by Crippen LogP contribution is 2.21. The zero-order chi connectivity index (χ0) is 11.2. The first kappa shape index (κ1) is 12.4. The van der Waals surface area contributed by atoms with Gasteiger partial charge in [0.2, 0.25) is 0 Å². The van der Waals surface area contributed by atoms with E-state index in [1.165, 1.54) is 17.7 Å². The Bertz CT molecular complexity index is 310. The summed E-state index contributed by atoms with van der Waals surface area (Å²) in [6, 6.07) is 4.08. The van der Waals surface area contributed by atoms with Gasteiger partial charge in [-0.15, -0.1) is 11.3 Å². The molecular formula is C12H18ClNOS. The molecule has 1 aliphatic rings. The van der Waals surface area contributed by atoms with Crippen LogP contribution in [-0.2, 0) is 11.2 Å². The molecule has 0 bridgehead atoms. The predicted octanol–water partition coefficient (Wildman–Crippen LogP) is 2.96. The summed E-state index contributed by atoms with van der Waals surface area (Å²) in [5.74, 6) is 0.709. The van der Waals surface area contributed by atoms with Gasteiger partial charge in [-0.1, -0.05) is 11.6 Å². The van der Waals surface area contributed by atoms with E-state index in [1.807, 2.05) is 6.07 Å². The van der Waals surface area contributed by atoms with Crippen molar-refractivity contribution in [1.29, 1.82) is 0 Å². The van der Waals surface area contributed by atoms with Gasteiger partial charge in [-0.3, -0.25) is 0 Å². The van der Waals surface area contributed by atoms with Gasteiger partial charge < -0.3 is 10.1 Å². The highest BCUT2D eigenvalue weighted by atomic mass is 35.5. The van der Waals surface area contributed by atoms with E-state index in [4.69, 9.17) is 16.3 Å². The second-order valence-corrected chi connectivity index (χ2v) is 6.04. The van der Waals surface area contributed by atoms with E-state index in [-0.39, 0.29) is 0 Å². The fourth-order valence-corrected chi connectivity index (χ4v) is 3.06. The summed E-state index contributed by atoms with van der Waals surface area (Å²) >= 11 is 7.55. The van der Waals surface area contributed by atoms with Crippen molar-refractivity contribution in [2.45, 2.75) is 19.3 Å². The molecule has 16 heavy (non-hydrogen) atoms. The Labute approximate surface area is 106 Å². The van der Waals surface area contributed by atoms with Gasteiger partial charge in [0.15, 0.2) is 0 Å². The van der Waals surface area contributed by atoms with Crippen LogP contribution in [0.3, 0.4) is 0 Å². The van der Waals surface area contributed by atoms with Crippen molar-refractivity contribution in [2.75, 3.05) is 26.3 Å². The van der Waals surface area contributed by atoms with Gasteiger partial charge in [-0.25, -0.2) is 0 Å². The zero-order valence-corrected chi connectivity index (χ0v) is 10.9. The first-order chi connectivity index (χ1) is 7.84. The van der Waals surface area contributed by atoms with E-state index >= 15 is 0 Å². The molecule has 1 aliphatic heterocycles. The van der Waals surface area contributed by atoms with Crippen LogP contribution in [0.15, 0.2) is 12.1 Å². The summed E-state index contributed by atoms with van der Waals surface area (Å²) in [4.78, 5) is 1.36. The Hall–Kier alpha value is -0.0900. The minimum atomic E-state index is 0.709. The van der Waals surface area contributed by atoms with E-state index < -0.39 is 0 Å². The van der Waals surface area contributed by atoms with Crippen molar-refractivity contribution in [1.82, 2.24) is 5.32 Å². The molecule has 0 radical (unpaired) electrons. The van der Waals surface area contributed by atoms with E-state index in [9.17, 15) is 0 Å². The second-order valence-electron chi connectivity index (χ2n) is 4.24. The van der Waals surface area contributed by atoms with Gasteiger partial charge in [0.1, 0.15) is 0 Å². The van der Waals surface area contributed by atoms with Crippen LogP contribution >= 0.6 is 22.9 Å². The lowest BCUT2D eigenvalue weighted by Gasteiger charge is -2.22. The average Bonchev–Trinajstić information content (AvgIpc) is 2.72. The molecule has 1 aromatic rings. The number of rotatable bonds is 5. The Balaban J connectivity index is 1.57. The average molecular weight is 260 g/mol. The Morgan fingerprint density at radius 3 is 3.12 bits per heavy atom. The zero-order valence-electron chi connectivity index (χ0n) is 9.38. The maximum atomic E-state index is 5.88. The molecule has 1 saturated heterocycles. The SMILES string of the molecule is Clc1ccc(CCNCC2CCCOC2)s1. The van der Waals surface area contributed by atoms with Gasteiger partial charge in [0, 0.05) is 18.0 Å². The monoisotopic (exact) mass is 259 g/mol. The summed E-state index contributed by atoms with van der Waals surface area (Å²) in [5.41, 5.74) is 0. The Kier molecular flexibility index (Phi) is 5.10. The lowest BCUT2D eigenvalue weighted by molar-refractivity contribution is 0.0550. The highest BCUT2D eigenvalue weighted by Gasteiger charge is 2.12. The quantitative estimate of drug-likeness (QED) is 0.821. The third-order valence-corrected chi connectivity index (χ3v) is 4.16. The number of hydrogen-bond acceptors (Lipinski definition) is 3. The van der Waals surface area contributed by atoms with Crippen LogP contribution in [0.5, 0.6) is 0 Å². The van der Waals surface area contributed by atoms with Crippen molar-refractivity contribution in [3.05, 3.63) is 21.3 Å². The molecule has 0 saturated carbocycles. The van der Waals surface area contributed by atoms with Crippen LogP contribution in [0, 0.1) is 5.92 Å². The molecular weight excluding hydrogens is 242 g/mol. The van der Waals surface area contributed by atoms with Crippen LogP contribution in [0.2, 0.25) is 4.34 Å². The molecule has 2 rings (SSSR count). The lowest BCUT2D eigenvalue weighted by atomic mass is 10.0. The first-order valence-electron chi connectivity index (χ1n) is 5.87. The molecule has 1 fully saturated rings. The van der Waals surface area contributed by atoms with Crippen molar-refractivity contribution >= 4 is 22.9 Å². The second kappa shape index (κ2) is 6.60. The molecule has 1 N–H and O–H groups in total. The van der Waals surface area contributed by atoms with Gasteiger partial charge in [0.25, 0.3) is 0 Å². The summed E-state index contributed by atoms with van der Waals surface area (Å²) in [7, 11) is 0. The van der Waals surface area contributed by atoms with E-state index in [1.54, 1.807) is 11.3 Å². The Morgan fingerprint density at radius 2 is 2.44 bits per heavy atom. The molecule has 0 amide bonds. The number of nitrogens with one attached hydrogen (secondary N) is 1. The summed E-state index contributed by atoms with van der Waals surface area (Å²) < 4.78 is 6.33. The van der Waals surface area contributed by atoms with E-state index in [2.05, 4.69) is 11.4 Å². The molecule has 90 valence electrons. The minimum absolute atomic E-state index is 0.709. The molecule has 4 heteroatoms.